The zero-order chi connectivity index (χ0) is 21.3. The molecule has 158 valence electrons. The first-order chi connectivity index (χ1) is 14.4. The molecule has 1 aliphatic carbocycles. The number of halogens is 3. The Morgan fingerprint density at radius 1 is 1.13 bits per heavy atom. The van der Waals surface area contributed by atoms with E-state index >= 15 is 0 Å². The maximum Gasteiger partial charge on any atom is 0.267 e. The second kappa shape index (κ2) is 9.27. The molecule has 0 spiro atoms. The summed E-state index contributed by atoms with van der Waals surface area (Å²) >= 11 is 16.0. The number of hydrogen-bond acceptors (Lipinski definition) is 4. The van der Waals surface area contributed by atoms with E-state index in [-0.39, 0.29) is 18.0 Å². The van der Waals surface area contributed by atoms with Crippen LogP contribution in [0.3, 0.4) is 0 Å². The summed E-state index contributed by atoms with van der Waals surface area (Å²) in [6.45, 7) is 0. The van der Waals surface area contributed by atoms with Gasteiger partial charge in [0.2, 0.25) is 0 Å². The van der Waals surface area contributed by atoms with Crippen LogP contribution < -0.4 is 10.3 Å². The van der Waals surface area contributed by atoms with E-state index in [9.17, 15) is 9.90 Å². The minimum Gasteiger partial charge on any atom is -0.391 e. The molecule has 3 atom stereocenters. The van der Waals surface area contributed by atoms with E-state index in [4.69, 9.17) is 23.2 Å². The van der Waals surface area contributed by atoms with Gasteiger partial charge in [0.1, 0.15) is 5.71 Å². The van der Waals surface area contributed by atoms with E-state index in [1.165, 1.54) is 0 Å². The number of rotatable bonds is 4. The molecule has 1 saturated carbocycles. The van der Waals surface area contributed by atoms with E-state index in [2.05, 4.69) is 26.3 Å². The van der Waals surface area contributed by atoms with Crippen molar-refractivity contribution in [1.29, 1.82) is 0 Å². The number of anilines is 1. The molecule has 1 fully saturated rings. The van der Waals surface area contributed by atoms with Crippen molar-refractivity contribution in [2.45, 2.75) is 50.3 Å². The average molecular weight is 511 g/mol. The van der Waals surface area contributed by atoms with Gasteiger partial charge in [-0.25, -0.2) is 0 Å². The molecular formula is C22H22BrCl2N3O2. The molecule has 30 heavy (non-hydrogen) atoms. The van der Waals surface area contributed by atoms with Crippen molar-refractivity contribution in [2.75, 3.05) is 5.01 Å². The molecule has 2 aliphatic rings. The lowest BCUT2D eigenvalue weighted by atomic mass is 9.92. The SMILES string of the molecule is O=C(N[C@@H]1CCCC[C@H]1O)C1=NN(c2ccc(Cl)cc2Cl)C(c2ccc(Br)cc2)C1. The van der Waals surface area contributed by atoms with Gasteiger partial charge in [-0.3, -0.25) is 9.80 Å². The van der Waals surface area contributed by atoms with Crippen LogP contribution in [0.5, 0.6) is 0 Å². The molecular weight excluding hydrogens is 489 g/mol. The van der Waals surface area contributed by atoms with Crippen LogP contribution in [-0.4, -0.2) is 28.9 Å². The molecule has 0 radical (unpaired) electrons. The third-order valence-corrected chi connectivity index (χ3v) is 6.70. The van der Waals surface area contributed by atoms with Crippen molar-refractivity contribution in [3.05, 3.63) is 62.5 Å². The number of nitrogens with one attached hydrogen (secondary N) is 1. The van der Waals surface area contributed by atoms with Gasteiger partial charge in [0.15, 0.2) is 0 Å². The Bertz CT molecular complexity index is 967. The van der Waals surface area contributed by atoms with Gasteiger partial charge in [-0.1, -0.05) is 64.1 Å². The van der Waals surface area contributed by atoms with Gasteiger partial charge in [-0.15, -0.1) is 0 Å². The smallest absolute Gasteiger partial charge is 0.267 e. The minimum atomic E-state index is -0.506. The molecule has 2 N–H and O–H groups in total. The zero-order valence-electron chi connectivity index (χ0n) is 16.2. The van der Waals surface area contributed by atoms with Crippen LogP contribution >= 0.6 is 39.1 Å². The summed E-state index contributed by atoms with van der Waals surface area (Å²) in [5, 5.41) is 20.6. The predicted molar refractivity (Wildman–Crippen MR) is 124 cm³/mol. The minimum absolute atomic E-state index is 0.172. The highest BCUT2D eigenvalue weighted by atomic mass is 79.9. The number of amides is 1. The lowest BCUT2D eigenvalue weighted by Crippen LogP contribution is -2.47. The molecule has 1 amide bonds. The van der Waals surface area contributed by atoms with Crippen molar-refractivity contribution in [3.63, 3.8) is 0 Å². The van der Waals surface area contributed by atoms with Crippen LogP contribution in [0.1, 0.15) is 43.7 Å². The summed E-state index contributed by atoms with van der Waals surface area (Å²) in [5.41, 5.74) is 2.13. The monoisotopic (exact) mass is 509 g/mol. The third-order valence-electron chi connectivity index (χ3n) is 5.63. The van der Waals surface area contributed by atoms with E-state index < -0.39 is 6.10 Å². The number of nitrogens with zero attached hydrogens (tertiary/aromatic N) is 2. The normalized spacial score (nSPS) is 23.9. The average Bonchev–Trinajstić information content (AvgIpc) is 3.15. The fourth-order valence-corrected chi connectivity index (χ4v) is 4.77. The number of benzene rings is 2. The lowest BCUT2D eigenvalue weighted by Gasteiger charge is -2.28. The standard InChI is InChI=1S/C22H22BrCl2N3O2/c23-14-7-5-13(6-8-14)20-12-18(22(30)26-17-3-1-2-4-21(17)29)27-28(20)19-10-9-15(24)11-16(19)25/h5-11,17,20-21,29H,1-4,12H2,(H,26,30)/t17-,20?,21-/m1/s1. The molecule has 1 aliphatic heterocycles. The topological polar surface area (TPSA) is 64.9 Å². The molecule has 0 aromatic heterocycles. The molecule has 0 saturated heterocycles. The first-order valence-corrected chi connectivity index (χ1v) is 11.5. The fourth-order valence-electron chi connectivity index (χ4n) is 4.01. The molecule has 2 aromatic carbocycles. The summed E-state index contributed by atoms with van der Waals surface area (Å²) < 4.78 is 0.977. The highest BCUT2D eigenvalue weighted by molar-refractivity contribution is 9.10. The van der Waals surface area contributed by atoms with Gasteiger partial charge in [-0.05, 0) is 48.7 Å². The number of carbonyl (C=O) groups is 1. The summed E-state index contributed by atoms with van der Waals surface area (Å²) in [7, 11) is 0. The summed E-state index contributed by atoms with van der Waals surface area (Å²) in [5.74, 6) is -0.240. The van der Waals surface area contributed by atoms with Crippen molar-refractivity contribution < 1.29 is 9.90 Å². The summed E-state index contributed by atoms with van der Waals surface area (Å²) in [4.78, 5) is 13.0. The zero-order valence-corrected chi connectivity index (χ0v) is 19.3. The quantitative estimate of drug-likeness (QED) is 0.572. The maximum atomic E-state index is 13.0. The third kappa shape index (κ3) is 4.67. The van der Waals surface area contributed by atoms with Crippen LogP contribution in [-0.2, 0) is 4.79 Å². The molecule has 4 rings (SSSR count). The van der Waals surface area contributed by atoms with Gasteiger partial charge in [0, 0.05) is 15.9 Å². The second-order valence-corrected chi connectivity index (χ2v) is 9.45. The molecule has 8 heteroatoms. The lowest BCUT2D eigenvalue weighted by molar-refractivity contribution is -0.116. The van der Waals surface area contributed by atoms with E-state index in [1.807, 2.05) is 30.3 Å². The molecule has 1 heterocycles. The first kappa shape index (κ1) is 21.6. The Hall–Kier alpha value is -1.60. The highest BCUT2D eigenvalue weighted by Crippen LogP contribution is 2.40. The van der Waals surface area contributed by atoms with E-state index in [0.717, 1.165) is 29.3 Å². The number of hydrazone groups is 1. The summed E-state index contributed by atoms with van der Waals surface area (Å²) in [6, 6.07) is 12.8. The Morgan fingerprint density at radius 2 is 1.87 bits per heavy atom. The van der Waals surface area contributed by atoms with Gasteiger partial charge < -0.3 is 10.4 Å². The maximum absolute atomic E-state index is 13.0. The summed E-state index contributed by atoms with van der Waals surface area (Å²) in [6.07, 6.45) is 3.42. The molecule has 2 aromatic rings. The first-order valence-electron chi connectivity index (χ1n) is 9.98. The van der Waals surface area contributed by atoms with E-state index in [1.54, 1.807) is 17.1 Å². The fraction of sp³-hybridized carbons (Fsp3) is 0.364. The Morgan fingerprint density at radius 3 is 2.57 bits per heavy atom. The van der Waals surface area contributed by atoms with Crippen LogP contribution in [0.2, 0.25) is 10.0 Å². The van der Waals surface area contributed by atoms with Crippen molar-refractivity contribution in [3.8, 4) is 0 Å². The van der Waals surface area contributed by atoms with Gasteiger partial charge >= 0.3 is 0 Å². The number of aliphatic hydroxyl groups is 1. The number of aliphatic hydroxyl groups excluding tert-OH is 1. The highest BCUT2D eigenvalue weighted by Gasteiger charge is 2.35. The number of carbonyl (C=O) groups excluding carboxylic acids is 1. The largest absolute Gasteiger partial charge is 0.391 e. The second-order valence-electron chi connectivity index (χ2n) is 7.69. The Labute approximate surface area is 194 Å². The van der Waals surface area contributed by atoms with Crippen LogP contribution in [0.25, 0.3) is 0 Å². The van der Waals surface area contributed by atoms with E-state index in [0.29, 0.717) is 34.3 Å². The van der Waals surface area contributed by atoms with Crippen LogP contribution in [0.15, 0.2) is 52.0 Å². The van der Waals surface area contributed by atoms with Gasteiger partial charge in [-0.2, -0.15) is 5.10 Å². The molecule has 1 unspecified atom stereocenters. The van der Waals surface area contributed by atoms with Gasteiger partial charge in [0.25, 0.3) is 5.91 Å². The molecule has 0 bridgehead atoms. The van der Waals surface area contributed by atoms with Crippen LogP contribution in [0, 0.1) is 0 Å². The van der Waals surface area contributed by atoms with Gasteiger partial charge in [0.05, 0.1) is 28.9 Å². The Balaban J connectivity index is 1.63. The molecule has 5 nitrogen and oxygen atoms in total. The van der Waals surface area contributed by atoms with Crippen LogP contribution in [0.4, 0.5) is 5.69 Å². The van der Waals surface area contributed by atoms with Crippen molar-refractivity contribution in [1.82, 2.24) is 5.32 Å². The van der Waals surface area contributed by atoms with Crippen molar-refractivity contribution in [2.24, 2.45) is 5.10 Å². The van der Waals surface area contributed by atoms with Crippen molar-refractivity contribution >= 4 is 56.4 Å². The number of hydrogen-bond donors (Lipinski definition) is 2. The predicted octanol–water partition coefficient (Wildman–Crippen LogP) is 5.48. The Kier molecular flexibility index (Phi) is 6.68.